The van der Waals surface area contributed by atoms with E-state index in [0.29, 0.717) is 6.42 Å². The van der Waals surface area contributed by atoms with Crippen LogP contribution in [0.15, 0.2) is 0 Å². The molecule has 0 radical (unpaired) electrons. The van der Waals surface area contributed by atoms with Gasteiger partial charge in [0.2, 0.25) is 11.8 Å². The zero-order valence-electron chi connectivity index (χ0n) is 11.6. The molecule has 2 fully saturated rings. The number of amides is 2. The topological polar surface area (TPSA) is 66.8 Å². The summed E-state index contributed by atoms with van der Waals surface area (Å²) in [4.78, 5) is 25.8. The van der Waals surface area contributed by atoms with Crippen LogP contribution in [0.2, 0.25) is 0 Å². The fourth-order valence-electron chi connectivity index (χ4n) is 3.30. The van der Waals surface area contributed by atoms with Crippen LogP contribution < -0.4 is 0 Å². The van der Waals surface area contributed by atoms with E-state index in [1.165, 1.54) is 12.0 Å². The van der Waals surface area contributed by atoms with Crippen molar-refractivity contribution >= 4 is 11.8 Å². The predicted octanol–water partition coefficient (Wildman–Crippen LogP) is 1.09. The lowest BCUT2D eigenvalue weighted by Gasteiger charge is -2.25. The van der Waals surface area contributed by atoms with E-state index in [-0.39, 0.29) is 25.0 Å². The van der Waals surface area contributed by atoms with E-state index in [9.17, 15) is 14.7 Å². The van der Waals surface area contributed by atoms with Crippen LogP contribution in [0.1, 0.15) is 44.9 Å². The van der Waals surface area contributed by atoms with Crippen LogP contribution in [-0.2, 0) is 14.3 Å². The molecule has 19 heavy (non-hydrogen) atoms. The van der Waals surface area contributed by atoms with Gasteiger partial charge in [0.25, 0.3) is 0 Å². The summed E-state index contributed by atoms with van der Waals surface area (Å²) < 4.78 is 4.84. The number of aliphatic hydroxyl groups is 1. The predicted molar refractivity (Wildman–Crippen MR) is 69.4 cm³/mol. The number of carbonyl (C=O) groups is 2. The third-order valence-corrected chi connectivity index (χ3v) is 4.30. The highest BCUT2D eigenvalue weighted by molar-refractivity contribution is 6.05. The molecule has 5 nitrogen and oxygen atoms in total. The Morgan fingerprint density at radius 2 is 1.89 bits per heavy atom. The van der Waals surface area contributed by atoms with Crippen LogP contribution >= 0.6 is 0 Å². The van der Waals surface area contributed by atoms with Gasteiger partial charge < -0.3 is 9.84 Å². The Kier molecular flexibility index (Phi) is 4.58. The number of methoxy groups -OCH3 is 1. The van der Waals surface area contributed by atoms with Crippen LogP contribution in [0.3, 0.4) is 0 Å². The van der Waals surface area contributed by atoms with Gasteiger partial charge in [-0.15, -0.1) is 0 Å². The molecule has 2 rings (SSSR count). The van der Waals surface area contributed by atoms with Crippen molar-refractivity contribution in [1.82, 2.24) is 4.90 Å². The number of ether oxygens (including phenoxy) is 1. The number of β-amino-alcohol motifs (C(OH)–C–C–N with tert-alkyl or cyclic N) is 1. The smallest absolute Gasteiger partial charge is 0.235 e. The summed E-state index contributed by atoms with van der Waals surface area (Å²) in [6.07, 6.45) is 5.50. The summed E-state index contributed by atoms with van der Waals surface area (Å²) in [5, 5.41) is 9.72. The number of rotatable bonds is 4. The lowest BCUT2D eigenvalue weighted by Crippen LogP contribution is -2.41. The van der Waals surface area contributed by atoms with Crippen molar-refractivity contribution in [2.24, 2.45) is 5.41 Å². The van der Waals surface area contributed by atoms with E-state index in [2.05, 4.69) is 0 Å². The second-order valence-corrected chi connectivity index (χ2v) is 5.79. The van der Waals surface area contributed by atoms with Crippen molar-refractivity contribution in [3.05, 3.63) is 0 Å². The standard InChI is InChI=1S/C14H23NO4/c1-19-10-11(16)9-15-12(17)8-14(13(15)18)6-4-2-3-5-7-14/h11,16H,2-10H2,1H3. The Morgan fingerprint density at radius 3 is 2.47 bits per heavy atom. The number of aliphatic hydroxyl groups excluding tert-OH is 1. The average Bonchev–Trinajstić information content (AvgIpc) is 2.57. The first-order valence-corrected chi connectivity index (χ1v) is 7.11. The van der Waals surface area contributed by atoms with Crippen LogP contribution in [0, 0.1) is 5.41 Å². The fourth-order valence-corrected chi connectivity index (χ4v) is 3.30. The molecule has 0 aromatic heterocycles. The maximum absolute atomic E-state index is 12.5. The number of hydrogen-bond acceptors (Lipinski definition) is 4. The first kappa shape index (κ1) is 14.5. The summed E-state index contributed by atoms with van der Waals surface area (Å²) in [6.45, 7) is 0.206. The number of hydrogen-bond donors (Lipinski definition) is 1. The third-order valence-electron chi connectivity index (χ3n) is 4.30. The Bertz CT molecular complexity index is 347. The van der Waals surface area contributed by atoms with Crippen molar-refractivity contribution in [3.63, 3.8) is 0 Å². The van der Waals surface area contributed by atoms with E-state index in [4.69, 9.17) is 4.74 Å². The minimum absolute atomic E-state index is 0.0628. The molecule has 1 unspecified atom stereocenters. The molecule has 1 atom stereocenters. The van der Waals surface area contributed by atoms with Crippen LogP contribution in [0.5, 0.6) is 0 Å². The van der Waals surface area contributed by atoms with Crippen LogP contribution in [-0.4, -0.2) is 48.2 Å². The zero-order valence-corrected chi connectivity index (χ0v) is 11.6. The van der Waals surface area contributed by atoms with Gasteiger partial charge in [-0.05, 0) is 12.8 Å². The SMILES string of the molecule is COCC(O)CN1C(=O)CC2(CCCCCC2)C1=O. The molecule has 1 saturated carbocycles. The average molecular weight is 269 g/mol. The van der Waals surface area contributed by atoms with Crippen molar-refractivity contribution < 1.29 is 19.4 Å². The first-order chi connectivity index (χ1) is 9.09. The van der Waals surface area contributed by atoms with Crippen molar-refractivity contribution in [2.45, 2.75) is 51.0 Å². The molecule has 2 aliphatic rings. The molecule has 5 heteroatoms. The Hall–Kier alpha value is -0.940. The van der Waals surface area contributed by atoms with Gasteiger partial charge in [-0.2, -0.15) is 0 Å². The number of nitrogens with zero attached hydrogens (tertiary/aromatic N) is 1. The minimum atomic E-state index is -0.793. The fraction of sp³-hybridized carbons (Fsp3) is 0.857. The van der Waals surface area contributed by atoms with Gasteiger partial charge in [-0.1, -0.05) is 25.7 Å². The quantitative estimate of drug-likeness (QED) is 0.776. The molecule has 0 aromatic carbocycles. The van der Waals surface area contributed by atoms with Crippen molar-refractivity contribution in [3.8, 4) is 0 Å². The largest absolute Gasteiger partial charge is 0.389 e. The van der Waals surface area contributed by atoms with Gasteiger partial charge in [0.05, 0.1) is 24.7 Å². The lowest BCUT2D eigenvalue weighted by molar-refractivity contribution is -0.143. The molecule has 1 spiro atoms. The van der Waals surface area contributed by atoms with Gasteiger partial charge >= 0.3 is 0 Å². The Labute approximate surface area is 113 Å². The Balaban J connectivity index is 2.06. The first-order valence-electron chi connectivity index (χ1n) is 7.11. The number of likely N-dealkylation sites (tertiary alicyclic amines) is 1. The molecule has 1 heterocycles. The van der Waals surface area contributed by atoms with Gasteiger partial charge in [-0.3, -0.25) is 14.5 Å². The molecule has 1 saturated heterocycles. The zero-order chi connectivity index (χ0) is 13.9. The Morgan fingerprint density at radius 1 is 1.26 bits per heavy atom. The highest BCUT2D eigenvalue weighted by Crippen LogP contribution is 2.44. The summed E-state index contributed by atoms with van der Waals surface area (Å²) in [5.41, 5.74) is -0.472. The maximum Gasteiger partial charge on any atom is 0.235 e. The second-order valence-electron chi connectivity index (χ2n) is 5.79. The summed E-state index contributed by atoms with van der Waals surface area (Å²) in [7, 11) is 1.49. The summed E-state index contributed by atoms with van der Waals surface area (Å²) in [5.74, 6) is -0.211. The monoisotopic (exact) mass is 269 g/mol. The molecule has 2 amide bonds. The lowest BCUT2D eigenvalue weighted by atomic mass is 9.79. The van der Waals surface area contributed by atoms with E-state index < -0.39 is 11.5 Å². The van der Waals surface area contributed by atoms with Gasteiger partial charge in [0.15, 0.2) is 0 Å². The highest BCUT2D eigenvalue weighted by atomic mass is 16.5. The summed E-state index contributed by atoms with van der Waals surface area (Å²) in [6, 6.07) is 0. The molecule has 108 valence electrons. The van der Waals surface area contributed by atoms with Gasteiger partial charge in [0.1, 0.15) is 0 Å². The molecule has 0 bridgehead atoms. The van der Waals surface area contributed by atoms with E-state index >= 15 is 0 Å². The van der Waals surface area contributed by atoms with Crippen molar-refractivity contribution in [1.29, 1.82) is 0 Å². The second kappa shape index (κ2) is 6.01. The van der Waals surface area contributed by atoms with Crippen LogP contribution in [0.25, 0.3) is 0 Å². The van der Waals surface area contributed by atoms with Crippen molar-refractivity contribution in [2.75, 3.05) is 20.3 Å². The van der Waals surface area contributed by atoms with Gasteiger partial charge in [0, 0.05) is 13.5 Å². The molecule has 0 aromatic rings. The van der Waals surface area contributed by atoms with E-state index in [0.717, 1.165) is 38.5 Å². The third kappa shape index (κ3) is 2.98. The van der Waals surface area contributed by atoms with E-state index in [1.54, 1.807) is 0 Å². The highest BCUT2D eigenvalue weighted by Gasteiger charge is 2.51. The van der Waals surface area contributed by atoms with Gasteiger partial charge in [-0.25, -0.2) is 0 Å². The maximum atomic E-state index is 12.5. The summed E-state index contributed by atoms with van der Waals surface area (Å²) >= 11 is 0. The van der Waals surface area contributed by atoms with E-state index in [1.807, 2.05) is 0 Å². The molecular formula is C14H23NO4. The normalized spacial score (nSPS) is 24.8. The number of imide groups is 1. The molecule has 1 aliphatic carbocycles. The molecule has 1 aliphatic heterocycles. The molecular weight excluding hydrogens is 246 g/mol. The molecule has 1 N–H and O–H groups in total. The number of carbonyl (C=O) groups excluding carboxylic acids is 2. The minimum Gasteiger partial charge on any atom is -0.389 e. The van der Waals surface area contributed by atoms with Crippen LogP contribution in [0.4, 0.5) is 0 Å².